The molecule has 2 N–H and O–H groups in total. The van der Waals surface area contributed by atoms with Gasteiger partial charge in [-0.25, -0.2) is 14.2 Å². The van der Waals surface area contributed by atoms with Crippen LogP contribution in [0, 0.1) is 12.8 Å². The maximum absolute atomic E-state index is 13.1. The molecule has 0 saturated heterocycles. The molecule has 0 aromatic heterocycles. The summed E-state index contributed by atoms with van der Waals surface area (Å²) in [6, 6.07) is 3.28. The molecule has 0 radical (unpaired) electrons. The summed E-state index contributed by atoms with van der Waals surface area (Å²) in [4.78, 5) is 11.3. The van der Waals surface area contributed by atoms with Gasteiger partial charge in [0.25, 0.3) is 0 Å². The van der Waals surface area contributed by atoms with Crippen LogP contribution in [0.15, 0.2) is 17.2 Å². The number of amides is 1. The van der Waals surface area contributed by atoms with Crippen LogP contribution in [0.3, 0.4) is 0 Å². The maximum Gasteiger partial charge on any atom is 0.303 e. The van der Waals surface area contributed by atoms with Crippen molar-refractivity contribution in [2.24, 2.45) is 11.0 Å². The number of nitrogens with zero attached hydrogens (tertiary/aromatic N) is 1. The monoisotopic (exact) mass is 346 g/mol. The number of hydrazone groups is 1. The van der Waals surface area contributed by atoms with Gasteiger partial charge in [0.2, 0.25) is 5.91 Å². The molecule has 1 amide bonds. The zero-order valence-corrected chi connectivity index (χ0v) is 13.5. The number of aryl methyl sites for hydroxylation is 1. The minimum absolute atomic E-state index is 0.0790. The van der Waals surface area contributed by atoms with E-state index in [1.54, 1.807) is 19.1 Å². The van der Waals surface area contributed by atoms with Crippen molar-refractivity contribution >= 4 is 23.2 Å². The lowest BCUT2D eigenvalue weighted by atomic mass is 9.93. The molecule has 1 atom stereocenters. The molecule has 5 nitrogen and oxygen atoms in total. The van der Waals surface area contributed by atoms with E-state index in [-0.39, 0.29) is 22.6 Å². The normalized spacial score (nSPS) is 18.4. The minimum Gasteiger partial charge on any atom is -0.485 e. The highest BCUT2D eigenvalue weighted by Gasteiger charge is 2.30. The van der Waals surface area contributed by atoms with Gasteiger partial charge in [0.05, 0.1) is 10.7 Å². The molecule has 2 rings (SSSR count). The fourth-order valence-electron chi connectivity index (χ4n) is 2.29. The molecule has 23 heavy (non-hydrogen) atoms. The third-order valence-electron chi connectivity index (χ3n) is 3.44. The molecule has 8 heteroatoms. The summed E-state index contributed by atoms with van der Waals surface area (Å²) in [5.41, 5.74) is 4.34. The Morgan fingerprint density at radius 3 is 2.78 bits per heavy atom. The molecule has 1 aliphatic heterocycles. The summed E-state index contributed by atoms with van der Waals surface area (Å²) < 4.78 is 31.2. The Balaban J connectivity index is 2.25. The summed E-state index contributed by atoms with van der Waals surface area (Å²) in [7, 11) is 0. The standard InChI is InChI=1S/C15H17ClF2N2O3/c1-8-4-12(22)19-20-13(8)10-3-9(2)14(11(16)5-10)23-7-15(17,18)6-21/h3,5,8,21H,4,6-7H2,1-2H3,(H,19,22). The number of carbonyl (C=O) groups is 1. The van der Waals surface area contributed by atoms with Crippen molar-refractivity contribution in [3.63, 3.8) is 0 Å². The lowest BCUT2D eigenvalue weighted by Crippen LogP contribution is -2.32. The second-order valence-electron chi connectivity index (χ2n) is 5.54. The van der Waals surface area contributed by atoms with Crippen LogP contribution >= 0.6 is 11.6 Å². The summed E-state index contributed by atoms with van der Waals surface area (Å²) in [6.07, 6.45) is 0.316. The van der Waals surface area contributed by atoms with Gasteiger partial charge in [0.1, 0.15) is 12.4 Å². The number of benzene rings is 1. The first-order valence-electron chi connectivity index (χ1n) is 7.02. The highest BCUT2D eigenvalue weighted by Crippen LogP contribution is 2.32. The number of aliphatic hydroxyl groups is 1. The average Bonchev–Trinajstić information content (AvgIpc) is 2.46. The Bertz CT molecular complexity index is 627. The smallest absolute Gasteiger partial charge is 0.303 e. The summed E-state index contributed by atoms with van der Waals surface area (Å²) >= 11 is 6.13. The van der Waals surface area contributed by atoms with Crippen LogP contribution in [0.5, 0.6) is 5.75 Å². The molecule has 1 heterocycles. The first-order chi connectivity index (χ1) is 10.7. The number of halogens is 3. The van der Waals surface area contributed by atoms with E-state index in [1.807, 2.05) is 6.92 Å². The Kier molecular flexibility index (Phi) is 5.21. The van der Waals surface area contributed by atoms with Crippen molar-refractivity contribution in [2.75, 3.05) is 13.2 Å². The Hall–Kier alpha value is -1.73. The van der Waals surface area contributed by atoms with E-state index in [4.69, 9.17) is 21.4 Å². The fraction of sp³-hybridized carbons (Fsp3) is 0.467. The molecule has 0 fully saturated rings. The maximum atomic E-state index is 13.1. The topological polar surface area (TPSA) is 70.9 Å². The first-order valence-corrected chi connectivity index (χ1v) is 7.39. The second kappa shape index (κ2) is 6.80. The molecule has 126 valence electrons. The number of alkyl halides is 2. The van der Waals surface area contributed by atoms with Crippen molar-refractivity contribution in [3.8, 4) is 5.75 Å². The highest BCUT2D eigenvalue weighted by atomic mass is 35.5. The predicted molar refractivity (Wildman–Crippen MR) is 82.2 cm³/mol. The molecule has 1 aliphatic rings. The number of nitrogens with one attached hydrogen (secondary N) is 1. The van der Waals surface area contributed by atoms with Crippen molar-refractivity contribution in [3.05, 3.63) is 28.3 Å². The second-order valence-corrected chi connectivity index (χ2v) is 5.95. The van der Waals surface area contributed by atoms with Crippen molar-refractivity contribution in [2.45, 2.75) is 26.2 Å². The third kappa shape index (κ3) is 4.17. The van der Waals surface area contributed by atoms with Gasteiger partial charge in [0, 0.05) is 17.9 Å². The van der Waals surface area contributed by atoms with Gasteiger partial charge in [-0.15, -0.1) is 0 Å². The highest BCUT2D eigenvalue weighted by molar-refractivity contribution is 6.32. The molecule has 0 aliphatic carbocycles. The van der Waals surface area contributed by atoms with Crippen LogP contribution in [0.1, 0.15) is 24.5 Å². The first kappa shape index (κ1) is 17.6. The van der Waals surface area contributed by atoms with Gasteiger partial charge >= 0.3 is 5.92 Å². The van der Waals surface area contributed by atoms with Crippen LogP contribution in [0.25, 0.3) is 0 Å². The zero-order chi connectivity index (χ0) is 17.2. The van der Waals surface area contributed by atoms with Gasteiger partial charge in [-0.2, -0.15) is 5.10 Å². The number of hydrogen-bond donors (Lipinski definition) is 2. The van der Waals surface area contributed by atoms with Crippen molar-refractivity contribution in [1.82, 2.24) is 5.43 Å². The molecule has 1 aromatic rings. The van der Waals surface area contributed by atoms with E-state index < -0.39 is 19.1 Å². The van der Waals surface area contributed by atoms with E-state index in [2.05, 4.69) is 10.5 Å². The number of hydrogen-bond acceptors (Lipinski definition) is 4. The summed E-state index contributed by atoms with van der Waals surface area (Å²) in [6.45, 7) is 1.29. The molecule has 1 unspecified atom stereocenters. The quantitative estimate of drug-likeness (QED) is 0.860. The van der Waals surface area contributed by atoms with Crippen LogP contribution in [0.4, 0.5) is 8.78 Å². The fourth-order valence-corrected chi connectivity index (χ4v) is 2.61. The van der Waals surface area contributed by atoms with Crippen molar-refractivity contribution < 1.29 is 23.4 Å². The Morgan fingerprint density at radius 1 is 1.52 bits per heavy atom. The minimum atomic E-state index is -3.33. The molecule has 0 bridgehead atoms. The summed E-state index contributed by atoms with van der Waals surface area (Å²) in [5.74, 6) is -3.43. The Labute approximate surface area is 137 Å². The molecule has 1 aromatic carbocycles. The van der Waals surface area contributed by atoms with Gasteiger partial charge in [-0.3, -0.25) is 4.79 Å². The molecule has 0 saturated carbocycles. The average molecular weight is 347 g/mol. The predicted octanol–water partition coefficient (Wildman–Crippen LogP) is 2.51. The largest absolute Gasteiger partial charge is 0.485 e. The summed E-state index contributed by atoms with van der Waals surface area (Å²) in [5, 5.41) is 12.8. The van der Waals surface area contributed by atoms with Crippen LogP contribution < -0.4 is 10.2 Å². The molecular formula is C15H17ClF2N2O3. The lowest BCUT2D eigenvalue weighted by molar-refractivity contribution is -0.121. The van der Waals surface area contributed by atoms with E-state index in [0.29, 0.717) is 23.3 Å². The SMILES string of the molecule is Cc1cc(C2=NNC(=O)CC2C)cc(Cl)c1OCC(F)(F)CO. The molecule has 0 spiro atoms. The van der Waals surface area contributed by atoms with E-state index >= 15 is 0 Å². The van der Waals surface area contributed by atoms with Crippen LogP contribution in [0.2, 0.25) is 5.02 Å². The van der Waals surface area contributed by atoms with Crippen molar-refractivity contribution in [1.29, 1.82) is 0 Å². The van der Waals surface area contributed by atoms with E-state index in [0.717, 1.165) is 0 Å². The lowest BCUT2D eigenvalue weighted by Gasteiger charge is -2.21. The zero-order valence-electron chi connectivity index (χ0n) is 12.7. The number of ether oxygens (including phenoxy) is 1. The molecular weight excluding hydrogens is 330 g/mol. The van der Waals surface area contributed by atoms with E-state index in [1.165, 1.54) is 0 Å². The number of carbonyl (C=O) groups excluding carboxylic acids is 1. The number of aliphatic hydroxyl groups excluding tert-OH is 1. The number of rotatable bonds is 5. The van der Waals surface area contributed by atoms with E-state index in [9.17, 15) is 13.6 Å². The van der Waals surface area contributed by atoms with Gasteiger partial charge in [-0.05, 0) is 24.6 Å². The Morgan fingerprint density at radius 2 is 2.22 bits per heavy atom. The van der Waals surface area contributed by atoms with Gasteiger partial charge in [-0.1, -0.05) is 18.5 Å². The van der Waals surface area contributed by atoms with Crippen LogP contribution in [-0.2, 0) is 4.79 Å². The third-order valence-corrected chi connectivity index (χ3v) is 3.72. The van der Waals surface area contributed by atoms with Crippen LogP contribution in [-0.4, -0.2) is 35.9 Å². The van der Waals surface area contributed by atoms with Gasteiger partial charge in [0.15, 0.2) is 6.61 Å². The van der Waals surface area contributed by atoms with Gasteiger partial charge < -0.3 is 9.84 Å².